The predicted octanol–water partition coefficient (Wildman–Crippen LogP) is 3.61. The van der Waals surface area contributed by atoms with Crippen molar-refractivity contribution in [2.45, 2.75) is 18.4 Å². The number of furan rings is 1. The monoisotopic (exact) mass is 422 g/mol. The molecule has 2 aromatic rings. The topological polar surface area (TPSA) is 112 Å². The number of carbonyl (C=O) groups excluding carboxylic acids is 2. The van der Waals surface area contributed by atoms with Crippen molar-refractivity contribution in [3.05, 3.63) is 74.8 Å². The third kappa shape index (κ3) is 4.45. The van der Waals surface area contributed by atoms with E-state index in [1.807, 2.05) is 0 Å². The second-order valence-corrected chi connectivity index (χ2v) is 6.83. The van der Waals surface area contributed by atoms with Crippen LogP contribution in [0.2, 0.25) is 5.02 Å². The molecule has 8 nitrogen and oxygen atoms in total. The summed E-state index contributed by atoms with van der Waals surface area (Å²) in [5, 5.41) is 13.4. The molecule has 1 aromatic carbocycles. The zero-order chi connectivity index (χ0) is 21.1. The Bertz CT molecular complexity index is 989. The van der Waals surface area contributed by atoms with E-state index in [1.54, 1.807) is 12.2 Å². The maximum absolute atomic E-state index is 13.4. The first-order valence-corrected chi connectivity index (χ1v) is 8.94. The summed E-state index contributed by atoms with van der Waals surface area (Å²) in [6, 6.07) is 5.61. The zero-order valence-corrected chi connectivity index (χ0v) is 15.9. The van der Waals surface area contributed by atoms with Crippen molar-refractivity contribution in [1.29, 1.82) is 0 Å². The zero-order valence-electron chi connectivity index (χ0n) is 15.1. The molecule has 1 aromatic heterocycles. The number of allylic oxidation sites excluding steroid dienone is 1. The van der Waals surface area contributed by atoms with E-state index in [0.29, 0.717) is 12.0 Å². The molecule has 1 N–H and O–H groups in total. The lowest BCUT2D eigenvalue weighted by Crippen LogP contribution is -2.33. The van der Waals surface area contributed by atoms with E-state index in [9.17, 15) is 24.1 Å². The average Bonchev–Trinajstić information content (AvgIpc) is 3.33. The molecular weight excluding hydrogens is 407 g/mol. The van der Waals surface area contributed by atoms with Crippen molar-refractivity contribution < 1.29 is 28.1 Å². The van der Waals surface area contributed by atoms with Gasteiger partial charge in [-0.1, -0.05) is 29.8 Å². The van der Waals surface area contributed by atoms with Crippen LogP contribution in [0.3, 0.4) is 0 Å². The fraction of sp³-hybridized carbons (Fsp3) is 0.263. The van der Waals surface area contributed by atoms with Gasteiger partial charge in [0.1, 0.15) is 10.7 Å². The highest BCUT2D eigenvalue weighted by Crippen LogP contribution is 2.37. The first kappa shape index (κ1) is 20.5. The van der Waals surface area contributed by atoms with E-state index < -0.39 is 40.5 Å². The predicted molar refractivity (Wildman–Crippen MR) is 100 cm³/mol. The van der Waals surface area contributed by atoms with Crippen LogP contribution in [0, 0.1) is 21.8 Å². The normalized spacial score (nSPS) is 19.0. The van der Waals surface area contributed by atoms with Crippen molar-refractivity contribution >= 4 is 29.4 Å². The molecule has 0 bridgehead atoms. The first-order chi connectivity index (χ1) is 13.8. The molecular formula is C19H16ClFN2O6. The molecule has 1 amide bonds. The van der Waals surface area contributed by atoms with E-state index in [1.165, 1.54) is 25.3 Å². The molecule has 10 heteroatoms. The standard InChI is InChI=1S/C19H16ClFN2O6/c1-28-19(25)17(13-5-3-11(21)9-14(13)20)10-2-4-12(8-10)22-18(24)15-6-7-16(29-15)23(26)27/h2-7,9-10,12,17H,8H2,1H3,(H,22,24). The van der Waals surface area contributed by atoms with Crippen molar-refractivity contribution in [2.75, 3.05) is 7.11 Å². The molecule has 29 heavy (non-hydrogen) atoms. The maximum Gasteiger partial charge on any atom is 0.433 e. The summed E-state index contributed by atoms with van der Waals surface area (Å²) in [5.41, 5.74) is 0.420. The summed E-state index contributed by atoms with van der Waals surface area (Å²) in [5.74, 6) is -3.56. The summed E-state index contributed by atoms with van der Waals surface area (Å²) in [6.45, 7) is 0. The lowest BCUT2D eigenvalue weighted by atomic mass is 9.85. The summed E-state index contributed by atoms with van der Waals surface area (Å²) in [6.07, 6.45) is 3.80. The largest absolute Gasteiger partial charge is 0.469 e. The summed E-state index contributed by atoms with van der Waals surface area (Å²) >= 11 is 6.12. The lowest BCUT2D eigenvalue weighted by molar-refractivity contribution is -0.402. The van der Waals surface area contributed by atoms with Crippen LogP contribution in [0.1, 0.15) is 28.5 Å². The van der Waals surface area contributed by atoms with Gasteiger partial charge in [0.2, 0.25) is 0 Å². The maximum atomic E-state index is 13.4. The number of nitrogens with zero attached hydrogens (tertiary/aromatic N) is 1. The van der Waals surface area contributed by atoms with Gasteiger partial charge in [-0.25, -0.2) is 4.39 Å². The molecule has 0 saturated heterocycles. The third-order valence-electron chi connectivity index (χ3n) is 4.61. The number of rotatable bonds is 6. The number of ether oxygens (including phenoxy) is 1. The number of carbonyl (C=O) groups is 2. The van der Waals surface area contributed by atoms with Gasteiger partial charge in [0.15, 0.2) is 5.76 Å². The summed E-state index contributed by atoms with van der Waals surface area (Å²) in [4.78, 5) is 34.6. The van der Waals surface area contributed by atoms with E-state index in [2.05, 4.69) is 5.32 Å². The lowest BCUT2D eigenvalue weighted by Gasteiger charge is -2.22. The molecule has 152 valence electrons. The Balaban J connectivity index is 1.73. The molecule has 0 radical (unpaired) electrons. The minimum absolute atomic E-state index is 0.101. The quantitative estimate of drug-likeness (QED) is 0.329. The van der Waals surface area contributed by atoms with Crippen molar-refractivity contribution in [3.63, 3.8) is 0 Å². The molecule has 0 aliphatic heterocycles. The number of halogens is 2. The second-order valence-electron chi connectivity index (χ2n) is 6.43. The van der Waals surface area contributed by atoms with Crippen LogP contribution in [-0.2, 0) is 9.53 Å². The Morgan fingerprint density at radius 1 is 1.34 bits per heavy atom. The van der Waals surface area contributed by atoms with Crippen molar-refractivity contribution in [2.24, 2.45) is 5.92 Å². The van der Waals surface area contributed by atoms with Crippen molar-refractivity contribution in [3.8, 4) is 0 Å². The number of nitrogens with one attached hydrogen (secondary N) is 1. The number of hydrogen-bond donors (Lipinski definition) is 1. The first-order valence-electron chi connectivity index (χ1n) is 8.56. The summed E-state index contributed by atoms with van der Waals surface area (Å²) in [7, 11) is 1.24. The Hall–Kier alpha value is -3.20. The van der Waals surface area contributed by atoms with Gasteiger partial charge in [-0.05, 0) is 36.1 Å². The molecule has 3 unspecified atom stereocenters. The second kappa shape index (κ2) is 8.44. The summed E-state index contributed by atoms with van der Waals surface area (Å²) < 4.78 is 23.1. The average molecular weight is 423 g/mol. The van der Waals surface area contributed by atoms with Crippen LogP contribution in [0.25, 0.3) is 0 Å². The molecule has 1 aliphatic carbocycles. The number of nitro groups is 1. The molecule has 3 atom stereocenters. The van der Waals surface area contributed by atoms with Crippen LogP contribution >= 0.6 is 11.6 Å². The Labute approximate surface area is 169 Å². The van der Waals surface area contributed by atoms with Gasteiger partial charge in [-0.15, -0.1) is 0 Å². The van der Waals surface area contributed by atoms with Gasteiger partial charge in [0.05, 0.1) is 19.1 Å². The molecule has 1 heterocycles. The Morgan fingerprint density at radius 2 is 2.10 bits per heavy atom. The number of hydrogen-bond acceptors (Lipinski definition) is 6. The van der Waals surface area contributed by atoms with Gasteiger partial charge in [-0.2, -0.15) is 0 Å². The van der Waals surface area contributed by atoms with Gasteiger partial charge < -0.3 is 14.5 Å². The number of benzene rings is 1. The molecule has 0 saturated carbocycles. The number of methoxy groups -OCH3 is 1. The van der Waals surface area contributed by atoms with Crippen LogP contribution in [0.5, 0.6) is 0 Å². The Kier molecular flexibility index (Phi) is 5.97. The number of amides is 1. The fourth-order valence-electron chi connectivity index (χ4n) is 3.28. The smallest absolute Gasteiger partial charge is 0.433 e. The van der Waals surface area contributed by atoms with Crippen LogP contribution < -0.4 is 5.32 Å². The van der Waals surface area contributed by atoms with E-state index >= 15 is 0 Å². The third-order valence-corrected chi connectivity index (χ3v) is 4.94. The van der Waals surface area contributed by atoms with Gasteiger partial charge in [0, 0.05) is 11.1 Å². The highest BCUT2D eigenvalue weighted by Gasteiger charge is 2.35. The highest BCUT2D eigenvalue weighted by atomic mass is 35.5. The van der Waals surface area contributed by atoms with Gasteiger partial charge >= 0.3 is 11.9 Å². The van der Waals surface area contributed by atoms with Gasteiger partial charge in [0.25, 0.3) is 5.91 Å². The molecule has 3 rings (SSSR count). The molecule has 0 fully saturated rings. The van der Waals surface area contributed by atoms with Crippen LogP contribution in [-0.4, -0.2) is 30.0 Å². The van der Waals surface area contributed by atoms with Crippen molar-refractivity contribution in [1.82, 2.24) is 5.32 Å². The van der Waals surface area contributed by atoms with Crippen LogP contribution in [0.15, 0.2) is 46.9 Å². The van der Waals surface area contributed by atoms with E-state index in [0.717, 1.165) is 12.1 Å². The molecule has 1 aliphatic rings. The minimum Gasteiger partial charge on any atom is -0.469 e. The van der Waals surface area contributed by atoms with E-state index in [4.69, 9.17) is 20.8 Å². The Morgan fingerprint density at radius 3 is 2.72 bits per heavy atom. The van der Waals surface area contributed by atoms with E-state index in [-0.39, 0.29) is 16.7 Å². The SMILES string of the molecule is COC(=O)C(c1ccc(F)cc1Cl)C1C=CC(NC(=O)c2ccc([N+](=O)[O-])o2)C1. The van der Waals surface area contributed by atoms with Crippen LogP contribution in [0.4, 0.5) is 10.3 Å². The molecule has 0 spiro atoms. The number of esters is 1. The fourth-order valence-corrected chi connectivity index (χ4v) is 3.57. The van der Waals surface area contributed by atoms with Gasteiger partial charge in [-0.3, -0.25) is 19.7 Å². The minimum atomic E-state index is -0.782. The highest BCUT2D eigenvalue weighted by molar-refractivity contribution is 6.31.